The molecule has 0 atom stereocenters. The van der Waals surface area contributed by atoms with E-state index >= 15 is 0 Å². The van der Waals surface area contributed by atoms with Crippen molar-refractivity contribution >= 4 is 11.4 Å². The number of unbranched alkanes of at least 4 members (excludes halogenated alkanes) is 2. The van der Waals surface area contributed by atoms with Crippen LogP contribution in [-0.4, -0.2) is 51.1 Å². The van der Waals surface area contributed by atoms with E-state index in [9.17, 15) is 0 Å². The molecule has 0 amide bonds. The fourth-order valence-corrected chi connectivity index (χ4v) is 3.31. The van der Waals surface area contributed by atoms with Crippen LogP contribution in [-0.2, 0) is 12.8 Å². The Balaban J connectivity index is 3.09. The van der Waals surface area contributed by atoms with Crippen molar-refractivity contribution < 1.29 is 0 Å². The maximum atomic E-state index is 5.68. The average molecular weight is 389 g/mol. The number of hydrogen-bond acceptors (Lipinski definition) is 6. The topological polar surface area (TPSA) is 82.6 Å². The van der Waals surface area contributed by atoms with Gasteiger partial charge in [-0.15, -0.1) is 0 Å². The van der Waals surface area contributed by atoms with Crippen molar-refractivity contribution in [3.63, 3.8) is 0 Å². The number of rotatable bonds is 14. The fraction of sp³-hybridized carbons (Fsp3) is 0.545. The summed E-state index contributed by atoms with van der Waals surface area (Å²) in [6.07, 6.45) is 6.44. The van der Waals surface area contributed by atoms with Crippen molar-refractivity contribution in [2.45, 2.75) is 38.5 Å². The zero-order valence-corrected chi connectivity index (χ0v) is 18.3. The first-order valence-electron chi connectivity index (χ1n) is 10.1. The van der Waals surface area contributed by atoms with Crippen LogP contribution >= 0.6 is 0 Å². The van der Waals surface area contributed by atoms with Crippen molar-refractivity contribution in [3.05, 3.63) is 47.5 Å². The zero-order chi connectivity index (χ0) is 21.1. The summed E-state index contributed by atoms with van der Waals surface area (Å²) in [7, 11) is 8.41. The minimum atomic E-state index is 0.745. The van der Waals surface area contributed by atoms with E-state index in [-0.39, 0.29) is 0 Å². The summed E-state index contributed by atoms with van der Waals surface area (Å²) in [6, 6.07) is 4.41. The van der Waals surface area contributed by atoms with Crippen LogP contribution in [0.4, 0.5) is 0 Å². The van der Waals surface area contributed by atoms with Gasteiger partial charge in [-0.3, -0.25) is 11.7 Å². The molecule has 0 saturated carbocycles. The summed E-state index contributed by atoms with van der Waals surface area (Å²) in [5.41, 5.74) is 11.6. The van der Waals surface area contributed by atoms with Crippen molar-refractivity contribution in [1.82, 2.24) is 20.7 Å². The third kappa shape index (κ3) is 8.02. The lowest BCUT2D eigenvalue weighted by molar-refractivity contribution is 0.394. The number of aryl methyl sites for hydroxylation is 2. The van der Waals surface area contributed by atoms with Crippen LogP contribution in [0.3, 0.4) is 0 Å². The fourth-order valence-electron chi connectivity index (χ4n) is 3.31. The van der Waals surface area contributed by atoms with E-state index in [1.807, 2.05) is 0 Å². The quantitative estimate of drug-likeness (QED) is 0.222. The van der Waals surface area contributed by atoms with Gasteiger partial charge in [0.15, 0.2) is 0 Å². The lowest BCUT2D eigenvalue weighted by Gasteiger charge is -2.19. The number of benzene rings is 1. The van der Waals surface area contributed by atoms with E-state index in [4.69, 9.17) is 11.7 Å². The van der Waals surface area contributed by atoms with E-state index in [0.29, 0.717) is 0 Å². The summed E-state index contributed by atoms with van der Waals surface area (Å²) < 4.78 is 0. The van der Waals surface area contributed by atoms with Gasteiger partial charge in [-0.2, -0.15) is 0 Å². The highest BCUT2D eigenvalue weighted by molar-refractivity contribution is 5.72. The Kier molecular flexibility index (Phi) is 10.9. The maximum absolute atomic E-state index is 5.68. The lowest BCUT2D eigenvalue weighted by atomic mass is 9.90. The Morgan fingerprint density at radius 2 is 1.11 bits per heavy atom. The van der Waals surface area contributed by atoms with Gasteiger partial charge in [0, 0.05) is 22.5 Å². The molecule has 0 unspecified atom stereocenters. The minimum Gasteiger partial charge on any atom is -0.324 e. The van der Waals surface area contributed by atoms with E-state index < -0.39 is 0 Å². The summed E-state index contributed by atoms with van der Waals surface area (Å²) in [5, 5.41) is 0. The second kappa shape index (κ2) is 12.6. The number of nitrogens with two attached hydrogens (primary N) is 2. The monoisotopic (exact) mass is 388 g/mol. The molecule has 0 heterocycles. The zero-order valence-electron chi connectivity index (χ0n) is 18.3. The van der Waals surface area contributed by atoms with Crippen LogP contribution in [0.25, 0.3) is 11.4 Å². The molecule has 0 spiro atoms. The van der Waals surface area contributed by atoms with Gasteiger partial charge in [-0.05, 0) is 103 Å². The molecule has 0 aliphatic rings. The van der Waals surface area contributed by atoms with Gasteiger partial charge in [0.05, 0.1) is 0 Å². The molecular formula is C22H40N6. The molecule has 0 bridgehead atoms. The summed E-state index contributed by atoms with van der Waals surface area (Å²) in [6.45, 7) is 10.4. The Hall–Kier alpha value is -1.86. The molecule has 0 fully saturated rings. The molecule has 0 aromatic heterocycles. The van der Waals surface area contributed by atoms with Crippen LogP contribution < -0.4 is 22.5 Å². The van der Waals surface area contributed by atoms with Gasteiger partial charge in [0.2, 0.25) is 0 Å². The molecule has 0 saturated heterocycles. The Bertz CT molecular complexity index is 580. The smallest absolute Gasteiger partial charge is 0.0488 e. The van der Waals surface area contributed by atoms with Crippen LogP contribution in [0.1, 0.15) is 47.9 Å². The van der Waals surface area contributed by atoms with E-state index in [0.717, 1.165) is 74.1 Å². The van der Waals surface area contributed by atoms with Gasteiger partial charge in [0.1, 0.15) is 0 Å². The van der Waals surface area contributed by atoms with Crippen molar-refractivity contribution in [1.29, 1.82) is 0 Å². The first-order valence-corrected chi connectivity index (χ1v) is 10.1. The third-order valence-electron chi connectivity index (χ3n) is 4.93. The van der Waals surface area contributed by atoms with E-state index in [1.165, 1.54) is 11.1 Å². The molecule has 6 nitrogen and oxygen atoms in total. The normalized spacial score (nSPS) is 11.1. The third-order valence-corrected chi connectivity index (χ3v) is 4.93. The number of nitrogens with zero attached hydrogens (tertiary/aromatic N) is 2. The highest BCUT2D eigenvalue weighted by atomic mass is 15.2. The maximum Gasteiger partial charge on any atom is 0.0488 e. The summed E-state index contributed by atoms with van der Waals surface area (Å²) in [4.78, 5) is 4.42. The molecule has 6 heteroatoms. The Morgan fingerprint density at radius 3 is 1.39 bits per heavy atom. The number of hydrazine groups is 2. The van der Waals surface area contributed by atoms with Gasteiger partial charge < -0.3 is 20.7 Å². The molecule has 1 rings (SSSR count). The van der Waals surface area contributed by atoms with E-state index in [1.54, 1.807) is 0 Å². The first kappa shape index (κ1) is 24.2. The van der Waals surface area contributed by atoms with Crippen molar-refractivity contribution in [3.8, 4) is 0 Å². The molecule has 0 aliphatic carbocycles. The molecular weight excluding hydrogens is 348 g/mol. The summed E-state index contributed by atoms with van der Waals surface area (Å²) >= 11 is 0. The SMILES string of the molecule is C=C(NN)c1cc(CCCCN(C)C)c(C(=C)NN)cc1CCCCN(C)C. The minimum absolute atomic E-state index is 0.745. The van der Waals surface area contributed by atoms with E-state index in [2.05, 4.69) is 74.1 Å². The Labute approximate surface area is 171 Å². The molecule has 1 aromatic carbocycles. The average Bonchev–Trinajstić information content (AvgIpc) is 2.67. The van der Waals surface area contributed by atoms with Gasteiger partial charge >= 0.3 is 0 Å². The van der Waals surface area contributed by atoms with Crippen LogP contribution in [0.15, 0.2) is 25.3 Å². The van der Waals surface area contributed by atoms with Crippen molar-refractivity contribution in [2.24, 2.45) is 11.7 Å². The first-order chi connectivity index (χ1) is 13.3. The van der Waals surface area contributed by atoms with Gasteiger partial charge in [-0.1, -0.05) is 13.2 Å². The Morgan fingerprint density at radius 1 is 0.750 bits per heavy atom. The number of nitrogens with one attached hydrogen (secondary N) is 2. The van der Waals surface area contributed by atoms with Crippen LogP contribution in [0, 0.1) is 0 Å². The largest absolute Gasteiger partial charge is 0.324 e. The second-order valence-electron chi connectivity index (χ2n) is 7.93. The molecule has 0 radical (unpaired) electrons. The highest BCUT2D eigenvalue weighted by Gasteiger charge is 2.14. The van der Waals surface area contributed by atoms with Crippen LogP contribution in [0.2, 0.25) is 0 Å². The molecule has 1 aromatic rings. The van der Waals surface area contributed by atoms with Gasteiger partial charge in [-0.25, -0.2) is 0 Å². The lowest BCUT2D eigenvalue weighted by Crippen LogP contribution is -2.22. The molecule has 6 N–H and O–H groups in total. The predicted octanol–water partition coefficient (Wildman–Crippen LogP) is 2.32. The standard InChI is InChI=1S/C22H40N6/c1-17(25-23)21-15-20(12-8-10-14-28(5)6)22(18(2)26-24)16-19(21)11-7-9-13-27(3)4/h15-16,25-26H,1-2,7-14,23-24H2,3-6H3. The van der Waals surface area contributed by atoms with Gasteiger partial charge in [0.25, 0.3) is 0 Å². The highest BCUT2D eigenvalue weighted by Crippen LogP contribution is 2.27. The second-order valence-corrected chi connectivity index (χ2v) is 7.93. The predicted molar refractivity (Wildman–Crippen MR) is 122 cm³/mol. The molecule has 0 aliphatic heterocycles. The van der Waals surface area contributed by atoms with Crippen molar-refractivity contribution in [2.75, 3.05) is 41.3 Å². The number of hydrogen-bond donors (Lipinski definition) is 4. The summed E-state index contributed by atoms with van der Waals surface area (Å²) in [5.74, 6) is 11.4. The molecule has 28 heavy (non-hydrogen) atoms. The van der Waals surface area contributed by atoms with Crippen LogP contribution in [0.5, 0.6) is 0 Å². The molecule has 158 valence electrons.